The Bertz CT molecular complexity index is 338. The van der Waals surface area contributed by atoms with E-state index in [2.05, 4.69) is 32.6 Å². The van der Waals surface area contributed by atoms with Crippen molar-refractivity contribution in [1.82, 2.24) is 4.90 Å². The molecule has 0 aromatic heterocycles. The first kappa shape index (κ1) is 17.2. The second kappa shape index (κ2) is 6.53. The van der Waals surface area contributed by atoms with Gasteiger partial charge in [0.05, 0.1) is 17.8 Å². The quantitative estimate of drug-likeness (QED) is 0.816. The van der Waals surface area contributed by atoms with Gasteiger partial charge in [0, 0.05) is 31.1 Å². The molecule has 0 aromatic rings. The first-order valence-electron chi connectivity index (χ1n) is 8.58. The monoisotopic (exact) mass is 298 g/mol. The second-order valence-electron chi connectivity index (χ2n) is 7.95. The smallest absolute Gasteiger partial charge is 0.0788 e. The lowest BCUT2D eigenvalue weighted by atomic mass is 9.82. The van der Waals surface area contributed by atoms with Gasteiger partial charge in [-0.1, -0.05) is 19.3 Å². The van der Waals surface area contributed by atoms with Gasteiger partial charge in [-0.2, -0.15) is 0 Å². The number of aliphatic hydroxyl groups is 1. The molecule has 3 N–H and O–H groups in total. The zero-order valence-electron chi connectivity index (χ0n) is 14.3. The number of hydrogen-bond acceptors (Lipinski definition) is 4. The minimum Gasteiger partial charge on any atom is -0.395 e. The third-order valence-corrected chi connectivity index (χ3v) is 5.56. The van der Waals surface area contributed by atoms with Crippen LogP contribution in [0.25, 0.3) is 0 Å². The van der Waals surface area contributed by atoms with Gasteiger partial charge in [0.15, 0.2) is 0 Å². The summed E-state index contributed by atoms with van der Waals surface area (Å²) in [6, 6.07) is 0.648. The fourth-order valence-electron chi connectivity index (χ4n) is 4.32. The van der Waals surface area contributed by atoms with Gasteiger partial charge in [0.1, 0.15) is 0 Å². The average molecular weight is 298 g/mol. The molecule has 0 bridgehead atoms. The maximum Gasteiger partial charge on any atom is 0.0788 e. The van der Waals surface area contributed by atoms with Crippen molar-refractivity contribution in [3.63, 3.8) is 0 Å². The summed E-state index contributed by atoms with van der Waals surface area (Å²) in [6.07, 6.45) is 6.50. The normalized spacial score (nSPS) is 32.7. The Kier molecular flexibility index (Phi) is 5.35. The number of aliphatic hydroxyl groups excluding tert-OH is 1. The highest BCUT2D eigenvalue weighted by Gasteiger charge is 2.52. The van der Waals surface area contributed by atoms with E-state index in [1.807, 2.05) is 0 Å². The van der Waals surface area contributed by atoms with Crippen LogP contribution in [0.3, 0.4) is 0 Å². The van der Waals surface area contributed by atoms with Crippen molar-refractivity contribution in [3.8, 4) is 0 Å². The van der Waals surface area contributed by atoms with Crippen LogP contribution in [0.15, 0.2) is 0 Å². The van der Waals surface area contributed by atoms with Gasteiger partial charge in [-0.3, -0.25) is 4.90 Å². The Balaban J connectivity index is 2.08. The minimum absolute atomic E-state index is 0.0392. The third-order valence-electron chi connectivity index (χ3n) is 5.56. The second-order valence-corrected chi connectivity index (χ2v) is 7.95. The lowest BCUT2D eigenvalue weighted by Gasteiger charge is -2.39. The zero-order chi connectivity index (χ0) is 15.7. The standard InChI is InChI=1S/C17H34N2O2/c1-16(2)14(15(18)17(3,4)21-16)12-19(10-11-20)13-8-6-5-7-9-13/h13-15,20H,5-12,18H2,1-4H3. The van der Waals surface area contributed by atoms with Crippen molar-refractivity contribution in [3.05, 3.63) is 0 Å². The number of nitrogens with two attached hydrogens (primary N) is 1. The van der Waals surface area contributed by atoms with E-state index in [-0.39, 0.29) is 23.9 Å². The van der Waals surface area contributed by atoms with Crippen LogP contribution in [0.5, 0.6) is 0 Å². The molecule has 4 heteroatoms. The van der Waals surface area contributed by atoms with Crippen molar-refractivity contribution in [1.29, 1.82) is 0 Å². The van der Waals surface area contributed by atoms with Crippen molar-refractivity contribution in [2.45, 2.75) is 83.1 Å². The number of nitrogens with zero attached hydrogens (tertiary/aromatic N) is 1. The van der Waals surface area contributed by atoms with Crippen LogP contribution in [0, 0.1) is 5.92 Å². The molecule has 1 aliphatic heterocycles. The predicted molar refractivity (Wildman–Crippen MR) is 86.2 cm³/mol. The van der Waals surface area contributed by atoms with Gasteiger partial charge in [-0.05, 0) is 40.5 Å². The molecule has 0 spiro atoms. The summed E-state index contributed by atoms with van der Waals surface area (Å²) >= 11 is 0. The molecule has 2 rings (SSSR count). The van der Waals surface area contributed by atoms with Crippen LogP contribution in [0.2, 0.25) is 0 Å². The number of rotatable bonds is 5. The Hall–Kier alpha value is -0.160. The molecular weight excluding hydrogens is 264 g/mol. The highest BCUT2D eigenvalue weighted by molar-refractivity contribution is 5.05. The first-order chi connectivity index (χ1) is 9.78. The minimum atomic E-state index is -0.272. The first-order valence-corrected chi connectivity index (χ1v) is 8.58. The summed E-state index contributed by atoms with van der Waals surface area (Å²) in [7, 11) is 0. The van der Waals surface area contributed by atoms with E-state index < -0.39 is 0 Å². The summed E-state index contributed by atoms with van der Waals surface area (Å²) in [5.74, 6) is 0.306. The van der Waals surface area contributed by atoms with E-state index in [0.29, 0.717) is 12.0 Å². The summed E-state index contributed by atoms with van der Waals surface area (Å²) in [6.45, 7) is 10.4. The van der Waals surface area contributed by atoms with Crippen LogP contribution in [0.4, 0.5) is 0 Å². The van der Waals surface area contributed by atoms with Crippen LogP contribution < -0.4 is 5.73 Å². The Morgan fingerprint density at radius 1 is 1.10 bits per heavy atom. The summed E-state index contributed by atoms with van der Waals surface area (Å²) in [5, 5.41) is 9.44. The summed E-state index contributed by atoms with van der Waals surface area (Å²) in [5.41, 5.74) is 6.02. The largest absolute Gasteiger partial charge is 0.395 e. The molecule has 2 fully saturated rings. The lowest BCUT2D eigenvalue weighted by molar-refractivity contribution is -0.0798. The predicted octanol–water partition coefficient (Wildman–Crippen LogP) is 2.14. The van der Waals surface area contributed by atoms with Crippen molar-refractivity contribution in [2.24, 2.45) is 11.7 Å². The molecule has 1 heterocycles. The van der Waals surface area contributed by atoms with Gasteiger partial charge >= 0.3 is 0 Å². The molecule has 1 aliphatic carbocycles. The molecule has 21 heavy (non-hydrogen) atoms. The molecule has 2 unspecified atom stereocenters. The SMILES string of the molecule is CC1(C)OC(C)(C)C(CN(CCO)C2CCCCC2)C1N. The molecule has 0 radical (unpaired) electrons. The zero-order valence-corrected chi connectivity index (χ0v) is 14.3. The number of ether oxygens (including phenoxy) is 1. The van der Waals surface area contributed by atoms with Gasteiger partial charge in [-0.25, -0.2) is 0 Å². The highest BCUT2D eigenvalue weighted by atomic mass is 16.5. The highest BCUT2D eigenvalue weighted by Crippen LogP contribution is 2.42. The van der Waals surface area contributed by atoms with Gasteiger partial charge < -0.3 is 15.6 Å². The topological polar surface area (TPSA) is 58.7 Å². The Labute approximate surface area is 130 Å². The molecular formula is C17H34N2O2. The van der Waals surface area contributed by atoms with E-state index in [1.54, 1.807) is 0 Å². The lowest BCUT2D eigenvalue weighted by Crippen LogP contribution is -2.51. The van der Waals surface area contributed by atoms with E-state index >= 15 is 0 Å². The van der Waals surface area contributed by atoms with Crippen molar-refractivity contribution >= 4 is 0 Å². The molecule has 0 amide bonds. The van der Waals surface area contributed by atoms with Gasteiger partial charge in [0.2, 0.25) is 0 Å². The molecule has 1 saturated carbocycles. The van der Waals surface area contributed by atoms with Crippen LogP contribution >= 0.6 is 0 Å². The fourth-order valence-corrected chi connectivity index (χ4v) is 4.32. The van der Waals surface area contributed by atoms with E-state index in [9.17, 15) is 5.11 Å². The van der Waals surface area contributed by atoms with E-state index in [1.165, 1.54) is 32.1 Å². The average Bonchev–Trinajstić information content (AvgIpc) is 2.57. The van der Waals surface area contributed by atoms with E-state index in [0.717, 1.165) is 13.1 Å². The molecule has 2 aliphatic rings. The van der Waals surface area contributed by atoms with Crippen LogP contribution in [0.1, 0.15) is 59.8 Å². The van der Waals surface area contributed by atoms with Crippen molar-refractivity contribution in [2.75, 3.05) is 19.7 Å². The van der Waals surface area contributed by atoms with Gasteiger partial charge in [-0.15, -0.1) is 0 Å². The summed E-state index contributed by atoms with van der Waals surface area (Å²) < 4.78 is 6.21. The maximum atomic E-state index is 9.44. The Morgan fingerprint density at radius 3 is 2.19 bits per heavy atom. The molecule has 2 atom stereocenters. The maximum absolute atomic E-state index is 9.44. The number of hydrogen-bond donors (Lipinski definition) is 2. The third kappa shape index (κ3) is 3.79. The van der Waals surface area contributed by atoms with Gasteiger partial charge in [0.25, 0.3) is 0 Å². The van der Waals surface area contributed by atoms with Crippen LogP contribution in [-0.4, -0.2) is 53.0 Å². The van der Waals surface area contributed by atoms with E-state index in [4.69, 9.17) is 10.5 Å². The molecule has 4 nitrogen and oxygen atoms in total. The molecule has 1 saturated heterocycles. The van der Waals surface area contributed by atoms with Crippen LogP contribution in [-0.2, 0) is 4.74 Å². The fraction of sp³-hybridized carbons (Fsp3) is 1.00. The molecule has 0 aromatic carbocycles. The Morgan fingerprint density at radius 2 is 1.71 bits per heavy atom. The summed E-state index contributed by atoms with van der Waals surface area (Å²) in [4.78, 5) is 2.47. The van der Waals surface area contributed by atoms with Crippen molar-refractivity contribution < 1.29 is 9.84 Å². The molecule has 124 valence electrons.